The van der Waals surface area contributed by atoms with Gasteiger partial charge in [-0.15, -0.1) is 0 Å². The first kappa shape index (κ1) is 12.6. The summed E-state index contributed by atoms with van der Waals surface area (Å²) in [6.07, 6.45) is 13.1. The highest BCUT2D eigenvalue weighted by Crippen LogP contribution is 2.25. The van der Waals surface area contributed by atoms with Crippen molar-refractivity contribution in [1.82, 2.24) is 0 Å². The van der Waals surface area contributed by atoms with E-state index in [0.29, 0.717) is 5.92 Å². The second-order valence-corrected chi connectivity index (χ2v) is 5.26. The highest BCUT2D eigenvalue weighted by Gasteiger charge is 2.11. The third kappa shape index (κ3) is 5.82. The molecule has 86 valence electrons. The lowest BCUT2D eigenvalue weighted by Gasteiger charge is -2.13. The van der Waals surface area contributed by atoms with Gasteiger partial charge in [0.1, 0.15) is 0 Å². The van der Waals surface area contributed by atoms with Gasteiger partial charge in [-0.05, 0) is 24.7 Å². The van der Waals surface area contributed by atoms with Gasteiger partial charge in [-0.2, -0.15) is 5.26 Å². The predicted molar refractivity (Wildman–Crippen MR) is 64.4 cm³/mol. The smallest absolute Gasteiger partial charge is 0.0624 e. The van der Waals surface area contributed by atoms with Gasteiger partial charge >= 0.3 is 0 Å². The molecule has 2 atom stereocenters. The van der Waals surface area contributed by atoms with E-state index in [0.717, 1.165) is 12.3 Å². The van der Waals surface area contributed by atoms with Crippen LogP contribution in [0.3, 0.4) is 0 Å². The summed E-state index contributed by atoms with van der Waals surface area (Å²) >= 11 is 0. The van der Waals surface area contributed by atoms with Crippen molar-refractivity contribution in [1.29, 1.82) is 5.26 Å². The Morgan fingerprint density at radius 3 is 2.27 bits per heavy atom. The third-order valence-corrected chi connectivity index (χ3v) is 3.75. The predicted octanol–water partition coefficient (Wildman–Crippen LogP) is 4.68. The molecule has 0 N–H and O–H groups in total. The number of rotatable bonds is 1. The minimum Gasteiger partial charge on any atom is -0.198 e. The number of hydrogen-bond donors (Lipinski definition) is 0. The molecule has 0 aromatic carbocycles. The molecule has 0 aromatic rings. The molecule has 0 aromatic heterocycles. The maximum absolute atomic E-state index is 8.76. The van der Waals surface area contributed by atoms with Crippen molar-refractivity contribution in [2.75, 3.05) is 0 Å². The molecule has 0 radical (unpaired) electrons. The van der Waals surface area contributed by atoms with Gasteiger partial charge in [0.15, 0.2) is 0 Å². The van der Waals surface area contributed by atoms with Crippen molar-refractivity contribution in [3.05, 3.63) is 0 Å². The van der Waals surface area contributed by atoms with Crippen molar-refractivity contribution in [2.45, 2.75) is 71.1 Å². The van der Waals surface area contributed by atoms with E-state index in [1.165, 1.54) is 57.8 Å². The second kappa shape index (κ2) is 7.74. The first-order chi connectivity index (χ1) is 7.33. The molecule has 0 spiro atoms. The standard InChI is InChI=1S/C14H25N/c1-13-7-4-2-3-5-9-14(11-12-15)10-6-8-13/h13-14H,2-11H2,1H3. The largest absolute Gasteiger partial charge is 0.198 e. The number of nitrogens with zero attached hydrogens (tertiary/aromatic N) is 1. The Morgan fingerprint density at radius 2 is 1.53 bits per heavy atom. The summed E-state index contributed by atoms with van der Waals surface area (Å²) in [7, 11) is 0. The summed E-state index contributed by atoms with van der Waals surface area (Å²) in [6, 6.07) is 2.35. The van der Waals surface area contributed by atoms with Crippen LogP contribution in [-0.4, -0.2) is 0 Å². The zero-order chi connectivity index (χ0) is 10.9. The van der Waals surface area contributed by atoms with E-state index >= 15 is 0 Å². The summed E-state index contributed by atoms with van der Waals surface area (Å²) in [5.74, 6) is 1.60. The molecule has 1 nitrogen and oxygen atoms in total. The van der Waals surface area contributed by atoms with Crippen LogP contribution in [0.1, 0.15) is 71.1 Å². The van der Waals surface area contributed by atoms with Crippen molar-refractivity contribution >= 4 is 0 Å². The van der Waals surface area contributed by atoms with Crippen LogP contribution in [0.25, 0.3) is 0 Å². The molecule has 1 saturated carbocycles. The van der Waals surface area contributed by atoms with Crippen LogP contribution in [0.2, 0.25) is 0 Å². The maximum atomic E-state index is 8.76. The SMILES string of the molecule is CC1CCCCCCC(CC#N)CCC1. The van der Waals surface area contributed by atoms with Gasteiger partial charge in [-0.1, -0.05) is 51.9 Å². The fraction of sp³-hybridized carbons (Fsp3) is 0.929. The monoisotopic (exact) mass is 207 g/mol. The minimum absolute atomic E-state index is 0.695. The lowest BCUT2D eigenvalue weighted by Crippen LogP contribution is -2.01. The molecule has 2 unspecified atom stereocenters. The Labute approximate surface area is 94.9 Å². The highest BCUT2D eigenvalue weighted by molar-refractivity contribution is 4.76. The van der Waals surface area contributed by atoms with Crippen LogP contribution >= 0.6 is 0 Å². The quantitative estimate of drug-likeness (QED) is 0.612. The van der Waals surface area contributed by atoms with Crippen LogP contribution in [-0.2, 0) is 0 Å². The van der Waals surface area contributed by atoms with Crippen LogP contribution < -0.4 is 0 Å². The topological polar surface area (TPSA) is 23.8 Å². The molecular formula is C14H25N. The molecule has 1 aliphatic carbocycles. The minimum atomic E-state index is 0.695. The molecule has 1 heteroatoms. The molecule has 1 aliphatic rings. The lowest BCUT2D eigenvalue weighted by molar-refractivity contribution is 0.399. The summed E-state index contributed by atoms with van der Waals surface area (Å²) in [5.41, 5.74) is 0. The third-order valence-electron chi connectivity index (χ3n) is 3.75. The Balaban J connectivity index is 2.32. The molecule has 0 aliphatic heterocycles. The molecule has 1 rings (SSSR count). The summed E-state index contributed by atoms with van der Waals surface area (Å²) in [4.78, 5) is 0. The molecule has 0 bridgehead atoms. The van der Waals surface area contributed by atoms with E-state index in [2.05, 4.69) is 13.0 Å². The zero-order valence-corrected chi connectivity index (χ0v) is 10.2. The van der Waals surface area contributed by atoms with Gasteiger partial charge in [-0.25, -0.2) is 0 Å². The van der Waals surface area contributed by atoms with Gasteiger partial charge in [0, 0.05) is 6.42 Å². The van der Waals surface area contributed by atoms with Crippen LogP contribution in [0.15, 0.2) is 0 Å². The lowest BCUT2D eigenvalue weighted by atomic mass is 9.91. The van der Waals surface area contributed by atoms with E-state index < -0.39 is 0 Å². The van der Waals surface area contributed by atoms with Gasteiger partial charge < -0.3 is 0 Å². The fourth-order valence-corrected chi connectivity index (χ4v) is 2.66. The van der Waals surface area contributed by atoms with Gasteiger partial charge in [0.05, 0.1) is 6.07 Å². The normalized spacial score (nSPS) is 30.1. The molecular weight excluding hydrogens is 182 g/mol. The first-order valence-electron chi connectivity index (χ1n) is 6.70. The summed E-state index contributed by atoms with van der Waals surface area (Å²) < 4.78 is 0. The number of nitriles is 1. The van der Waals surface area contributed by atoms with E-state index in [1.54, 1.807) is 0 Å². The second-order valence-electron chi connectivity index (χ2n) is 5.26. The summed E-state index contributed by atoms with van der Waals surface area (Å²) in [6.45, 7) is 2.39. The van der Waals surface area contributed by atoms with E-state index in [-0.39, 0.29) is 0 Å². The Hall–Kier alpha value is -0.510. The van der Waals surface area contributed by atoms with Crippen LogP contribution in [0.5, 0.6) is 0 Å². The van der Waals surface area contributed by atoms with E-state index in [4.69, 9.17) is 5.26 Å². The Morgan fingerprint density at radius 1 is 0.933 bits per heavy atom. The zero-order valence-electron chi connectivity index (χ0n) is 10.2. The van der Waals surface area contributed by atoms with Crippen LogP contribution in [0, 0.1) is 23.2 Å². The average molecular weight is 207 g/mol. The molecule has 1 fully saturated rings. The van der Waals surface area contributed by atoms with Crippen molar-refractivity contribution in [2.24, 2.45) is 11.8 Å². The first-order valence-corrected chi connectivity index (χ1v) is 6.70. The van der Waals surface area contributed by atoms with Crippen molar-refractivity contribution in [3.63, 3.8) is 0 Å². The molecule has 0 heterocycles. The van der Waals surface area contributed by atoms with Gasteiger partial charge in [0.25, 0.3) is 0 Å². The Bertz CT molecular complexity index is 192. The number of hydrogen-bond acceptors (Lipinski definition) is 1. The van der Waals surface area contributed by atoms with Crippen molar-refractivity contribution < 1.29 is 0 Å². The molecule has 0 saturated heterocycles. The molecule has 15 heavy (non-hydrogen) atoms. The Kier molecular flexibility index (Phi) is 6.48. The average Bonchev–Trinajstić information content (AvgIpc) is 2.26. The maximum Gasteiger partial charge on any atom is 0.0624 e. The molecule has 0 amide bonds. The fourth-order valence-electron chi connectivity index (χ4n) is 2.66. The van der Waals surface area contributed by atoms with Gasteiger partial charge in [0.2, 0.25) is 0 Å². The van der Waals surface area contributed by atoms with Crippen molar-refractivity contribution in [3.8, 4) is 6.07 Å². The van der Waals surface area contributed by atoms with Crippen LogP contribution in [0.4, 0.5) is 0 Å². The van der Waals surface area contributed by atoms with Gasteiger partial charge in [-0.3, -0.25) is 0 Å². The highest BCUT2D eigenvalue weighted by atomic mass is 14.3. The van der Waals surface area contributed by atoms with E-state index in [1.807, 2.05) is 0 Å². The van der Waals surface area contributed by atoms with E-state index in [9.17, 15) is 0 Å². The summed E-state index contributed by atoms with van der Waals surface area (Å²) in [5, 5.41) is 8.76.